The van der Waals surface area contributed by atoms with Gasteiger partial charge in [-0.25, -0.2) is 0 Å². The highest BCUT2D eigenvalue weighted by Gasteiger charge is 2.33. The van der Waals surface area contributed by atoms with Gasteiger partial charge in [0.25, 0.3) is 0 Å². The molecule has 2 aliphatic rings. The van der Waals surface area contributed by atoms with Crippen molar-refractivity contribution in [3.8, 4) is 0 Å². The molecule has 4 heteroatoms. The molecule has 1 saturated carbocycles. The van der Waals surface area contributed by atoms with Crippen molar-refractivity contribution in [2.75, 3.05) is 13.1 Å². The van der Waals surface area contributed by atoms with Crippen LogP contribution in [-0.2, 0) is 13.1 Å². The van der Waals surface area contributed by atoms with Gasteiger partial charge in [-0.2, -0.15) is 0 Å². The Morgan fingerprint density at radius 3 is 3.06 bits per heavy atom. The zero-order chi connectivity index (χ0) is 12.4. The van der Waals surface area contributed by atoms with Crippen LogP contribution in [0.3, 0.4) is 0 Å². The molecular formula is C14H22N4. The van der Waals surface area contributed by atoms with Gasteiger partial charge in [0.1, 0.15) is 0 Å². The van der Waals surface area contributed by atoms with Crippen molar-refractivity contribution in [3.05, 3.63) is 29.6 Å². The third-order valence-corrected chi connectivity index (χ3v) is 3.97. The fourth-order valence-corrected chi connectivity index (χ4v) is 2.74. The van der Waals surface area contributed by atoms with E-state index in [2.05, 4.69) is 27.3 Å². The third kappa shape index (κ3) is 2.88. The van der Waals surface area contributed by atoms with Crippen molar-refractivity contribution in [2.45, 2.75) is 44.4 Å². The summed E-state index contributed by atoms with van der Waals surface area (Å²) < 4.78 is 0. The standard InChI is InChI=1S/C14H22N4/c15-8-13-7-11(3-5-16-13)9-17-12-4-6-18(10-12)14-1-2-14/h3,5,7,12,14,17H,1-2,4,6,8-10,15H2. The first kappa shape index (κ1) is 12.1. The fourth-order valence-electron chi connectivity index (χ4n) is 2.74. The Morgan fingerprint density at radius 2 is 2.28 bits per heavy atom. The minimum Gasteiger partial charge on any atom is -0.325 e. The monoisotopic (exact) mass is 246 g/mol. The van der Waals surface area contributed by atoms with Crippen molar-refractivity contribution in [1.29, 1.82) is 0 Å². The molecule has 18 heavy (non-hydrogen) atoms. The summed E-state index contributed by atoms with van der Waals surface area (Å²) in [5, 5.41) is 3.65. The normalized spacial score (nSPS) is 24.6. The lowest BCUT2D eigenvalue weighted by molar-refractivity contribution is 0.317. The van der Waals surface area contributed by atoms with Crippen LogP contribution in [0.4, 0.5) is 0 Å². The topological polar surface area (TPSA) is 54.2 Å². The van der Waals surface area contributed by atoms with E-state index < -0.39 is 0 Å². The number of nitrogens with zero attached hydrogens (tertiary/aromatic N) is 2. The Hall–Kier alpha value is -0.970. The molecule has 3 rings (SSSR count). The van der Waals surface area contributed by atoms with Gasteiger partial charge in [0.2, 0.25) is 0 Å². The highest BCUT2D eigenvalue weighted by molar-refractivity contribution is 5.16. The summed E-state index contributed by atoms with van der Waals surface area (Å²) in [5.41, 5.74) is 7.87. The van der Waals surface area contributed by atoms with Gasteiger partial charge in [-0.15, -0.1) is 0 Å². The molecule has 98 valence electrons. The maximum atomic E-state index is 5.61. The second-order valence-corrected chi connectivity index (χ2v) is 5.45. The number of nitrogens with one attached hydrogen (secondary N) is 1. The Labute approximate surface area is 109 Å². The first-order chi connectivity index (χ1) is 8.85. The lowest BCUT2D eigenvalue weighted by Crippen LogP contribution is -2.32. The van der Waals surface area contributed by atoms with Crippen molar-refractivity contribution >= 4 is 0 Å². The Kier molecular flexibility index (Phi) is 3.59. The van der Waals surface area contributed by atoms with E-state index >= 15 is 0 Å². The van der Waals surface area contributed by atoms with Gasteiger partial charge < -0.3 is 11.1 Å². The van der Waals surface area contributed by atoms with Crippen LogP contribution in [0.25, 0.3) is 0 Å². The number of hydrogen-bond donors (Lipinski definition) is 2. The predicted octanol–water partition coefficient (Wildman–Crippen LogP) is 0.867. The van der Waals surface area contributed by atoms with E-state index in [9.17, 15) is 0 Å². The lowest BCUT2D eigenvalue weighted by Gasteiger charge is -2.15. The molecule has 1 saturated heterocycles. The van der Waals surface area contributed by atoms with Gasteiger partial charge in [0.05, 0.1) is 5.69 Å². The second-order valence-electron chi connectivity index (χ2n) is 5.45. The second kappa shape index (κ2) is 5.34. The molecule has 2 fully saturated rings. The number of aromatic nitrogens is 1. The van der Waals surface area contributed by atoms with Gasteiger partial charge in [-0.05, 0) is 37.0 Å². The van der Waals surface area contributed by atoms with Gasteiger partial charge >= 0.3 is 0 Å². The molecule has 0 amide bonds. The first-order valence-electron chi connectivity index (χ1n) is 6.96. The minimum absolute atomic E-state index is 0.521. The van der Waals surface area contributed by atoms with Gasteiger partial charge in [0.15, 0.2) is 0 Å². The van der Waals surface area contributed by atoms with Crippen molar-refractivity contribution in [3.63, 3.8) is 0 Å². The highest BCUT2D eigenvalue weighted by atomic mass is 15.2. The molecule has 4 nitrogen and oxygen atoms in total. The van der Waals surface area contributed by atoms with Crippen LogP contribution >= 0.6 is 0 Å². The predicted molar refractivity (Wildman–Crippen MR) is 72.0 cm³/mol. The van der Waals surface area contributed by atoms with E-state index in [0.717, 1.165) is 18.3 Å². The maximum absolute atomic E-state index is 5.61. The fraction of sp³-hybridized carbons (Fsp3) is 0.643. The largest absolute Gasteiger partial charge is 0.325 e. The Balaban J connectivity index is 1.48. The molecule has 3 N–H and O–H groups in total. The number of rotatable bonds is 5. The van der Waals surface area contributed by atoms with E-state index in [1.165, 1.54) is 37.9 Å². The van der Waals surface area contributed by atoms with Crippen molar-refractivity contribution < 1.29 is 0 Å². The minimum atomic E-state index is 0.521. The van der Waals surface area contributed by atoms with Gasteiger partial charge in [0, 0.05) is 44.5 Å². The molecule has 1 aromatic heterocycles. The van der Waals surface area contributed by atoms with E-state index in [1.54, 1.807) is 0 Å². The summed E-state index contributed by atoms with van der Waals surface area (Å²) >= 11 is 0. The molecule has 1 aliphatic heterocycles. The van der Waals surface area contributed by atoms with Gasteiger partial charge in [-0.1, -0.05) is 0 Å². The van der Waals surface area contributed by atoms with Crippen LogP contribution in [0, 0.1) is 0 Å². The zero-order valence-corrected chi connectivity index (χ0v) is 10.8. The molecule has 1 unspecified atom stereocenters. The summed E-state index contributed by atoms with van der Waals surface area (Å²) in [4.78, 5) is 6.85. The van der Waals surface area contributed by atoms with E-state index in [-0.39, 0.29) is 0 Å². The van der Waals surface area contributed by atoms with Crippen molar-refractivity contribution in [2.24, 2.45) is 5.73 Å². The highest BCUT2D eigenvalue weighted by Crippen LogP contribution is 2.29. The molecule has 1 aliphatic carbocycles. The average Bonchev–Trinajstić information content (AvgIpc) is 3.16. The average molecular weight is 246 g/mol. The zero-order valence-electron chi connectivity index (χ0n) is 10.8. The number of hydrogen-bond acceptors (Lipinski definition) is 4. The molecular weight excluding hydrogens is 224 g/mol. The molecule has 0 aromatic carbocycles. The van der Waals surface area contributed by atoms with Crippen LogP contribution < -0.4 is 11.1 Å². The maximum Gasteiger partial charge on any atom is 0.0542 e. The van der Waals surface area contributed by atoms with Gasteiger partial charge in [-0.3, -0.25) is 9.88 Å². The molecule has 1 aromatic rings. The number of nitrogens with two attached hydrogens (primary N) is 1. The van der Waals surface area contributed by atoms with E-state index in [1.807, 2.05) is 6.20 Å². The van der Waals surface area contributed by atoms with Crippen molar-refractivity contribution in [1.82, 2.24) is 15.2 Å². The molecule has 0 bridgehead atoms. The summed E-state index contributed by atoms with van der Waals surface area (Å²) in [6.07, 6.45) is 5.96. The Bertz CT molecular complexity index is 403. The summed E-state index contributed by atoms with van der Waals surface area (Å²) in [5.74, 6) is 0. The van der Waals surface area contributed by atoms with Crippen LogP contribution in [0.5, 0.6) is 0 Å². The lowest BCUT2D eigenvalue weighted by atomic mass is 10.2. The van der Waals surface area contributed by atoms with Crippen LogP contribution in [0.1, 0.15) is 30.5 Å². The van der Waals surface area contributed by atoms with E-state index in [4.69, 9.17) is 5.73 Å². The van der Waals surface area contributed by atoms with Crippen LogP contribution in [-0.4, -0.2) is 35.1 Å². The Morgan fingerprint density at radius 1 is 1.39 bits per heavy atom. The molecule has 0 spiro atoms. The van der Waals surface area contributed by atoms with Crippen LogP contribution in [0.2, 0.25) is 0 Å². The summed E-state index contributed by atoms with van der Waals surface area (Å²) in [6.45, 7) is 3.94. The number of likely N-dealkylation sites (tertiary alicyclic amines) is 1. The smallest absolute Gasteiger partial charge is 0.0542 e. The summed E-state index contributed by atoms with van der Waals surface area (Å²) in [6, 6.07) is 5.72. The first-order valence-corrected chi connectivity index (χ1v) is 6.96. The SMILES string of the molecule is NCc1cc(CNC2CCN(C3CC3)C2)ccn1. The van der Waals surface area contributed by atoms with Crippen LogP contribution in [0.15, 0.2) is 18.3 Å². The molecule has 1 atom stereocenters. The molecule has 2 heterocycles. The quantitative estimate of drug-likeness (QED) is 0.809. The third-order valence-electron chi connectivity index (χ3n) is 3.97. The van der Waals surface area contributed by atoms with E-state index in [0.29, 0.717) is 12.6 Å². The summed E-state index contributed by atoms with van der Waals surface area (Å²) in [7, 11) is 0. The number of pyridine rings is 1. The molecule has 0 radical (unpaired) electrons.